The number of carbonyl (C=O) groups is 2. The van der Waals surface area contributed by atoms with Gasteiger partial charge in [0.2, 0.25) is 11.8 Å². The number of hydrogen-bond acceptors (Lipinski definition) is 4. The fourth-order valence-electron chi connectivity index (χ4n) is 4.56. The van der Waals surface area contributed by atoms with Crippen LogP contribution in [0.4, 0.5) is 0 Å². The molecule has 0 saturated carbocycles. The van der Waals surface area contributed by atoms with Crippen LogP contribution in [-0.4, -0.2) is 78.5 Å². The number of amides is 2. The molecule has 1 aromatic carbocycles. The van der Waals surface area contributed by atoms with Crippen molar-refractivity contribution < 1.29 is 14.3 Å². The summed E-state index contributed by atoms with van der Waals surface area (Å²) < 4.78 is 5.48. The summed E-state index contributed by atoms with van der Waals surface area (Å²) in [5, 5.41) is 0. The lowest BCUT2D eigenvalue weighted by Crippen LogP contribution is -2.53. The Morgan fingerprint density at radius 2 is 1.81 bits per heavy atom. The second kappa shape index (κ2) is 10.6. The van der Waals surface area contributed by atoms with Gasteiger partial charge in [0.1, 0.15) is 0 Å². The molecule has 2 aliphatic rings. The van der Waals surface area contributed by atoms with Gasteiger partial charge >= 0.3 is 0 Å². The number of nitrogens with zero attached hydrogens (tertiary/aromatic N) is 3. The highest BCUT2D eigenvalue weighted by atomic mass is 16.5. The first-order valence-corrected chi connectivity index (χ1v) is 11.7. The molecule has 6 nitrogen and oxygen atoms in total. The first-order chi connectivity index (χ1) is 14.8. The van der Waals surface area contributed by atoms with Gasteiger partial charge < -0.3 is 14.5 Å². The summed E-state index contributed by atoms with van der Waals surface area (Å²) in [6, 6.07) is 10.3. The Morgan fingerprint density at radius 1 is 1.13 bits per heavy atom. The molecule has 6 heteroatoms. The van der Waals surface area contributed by atoms with Gasteiger partial charge in [0.15, 0.2) is 0 Å². The Labute approximate surface area is 187 Å². The van der Waals surface area contributed by atoms with Crippen LogP contribution in [-0.2, 0) is 20.9 Å². The van der Waals surface area contributed by atoms with E-state index in [9.17, 15) is 9.59 Å². The van der Waals surface area contributed by atoms with Crippen molar-refractivity contribution >= 4 is 11.8 Å². The number of piperidine rings is 1. The third kappa shape index (κ3) is 6.53. The standard InChI is InChI=1S/C25H39N3O3/c1-20(17-26-13-15-31-16-14-26)28(18-21-9-6-5-7-10-21)23(29)22-11-8-12-27(19-22)24(30)25(2,3)4/h5-7,9-10,20,22H,8,11-19H2,1-4H3. The second-order valence-corrected chi connectivity index (χ2v) is 10.1. The monoisotopic (exact) mass is 429 g/mol. The highest BCUT2D eigenvalue weighted by molar-refractivity contribution is 5.84. The minimum Gasteiger partial charge on any atom is -0.379 e. The van der Waals surface area contributed by atoms with Crippen molar-refractivity contribution in [2.75, 3.05) is 45.9 Å². The molecule has 31 heavy (non-hydrogen) atoms. The van der Waals surface area contributed by atoms with Crippen molar-refractivity contribution in [3.8, 4) is 0 Å². The van der Waals surface area contributed by atoms with Gasteiger partial charge in [-0.2, -0.15) is 0 Å². The Kier molecular flexibility index (Phi) is 8.11. The van der Waals surface area contributed by atoms with Crippen LogP contribution in [0.15, 0.2) is 30.3 Å². The Hall–Kier alpha value is -1.92. The zero-order valence-corrected chi connectivity index (χ0v) is 19.7. The van der Waals surface area contributed by atoms with Crippen molar-refractivity contribution in [2.45, 2.75) is 53.1 Å². The molecule has 1 aromatic rings. The summed E-state index contributed by atoms with van der Waals surface area (Å²) in [6.07, 6.45) is 1.73. The molecule has 0 spiro atoms. The zero-order chi connectivity index (χ0) is 22.4. The molecule has 2 fully saturated rings. The zero-order valence-electron chi connectivity index (χ0n) is 19.7. The quantitative estimate of drug-likeness (QED) is 0.698. The van der Waals surface area contributed by atoms with E-state index in [-0.39, 0.29) is 23.8 Å². The predicted octanol–water partition coefficient (Wildman–Crippen LogP) is 3.02. The molecular weight excluding hydrogens is 390 g/mol. The molecule has 172 valence electrons. The molecule has 2 amide bonds. The maximum atomic E-state index is 13.7. The molecule has 2 heterocycles. The highest BCUT2D eigenvalue weighted by Crippen LogP contribution is 2.26. The summed E-state index contributed by atoms with van der Waals surface area (Å²) in [5.41, 5.74) is 0.723. The van der Waals surface area contributed by atoms with E-state index >= 15 is 0 Å². The van der Waals surface area contributed by atoms with Crippen molar-refractivity contribution in [2.24, 2.45) is 11.3 Å². The maximum Gasteiger partial charge on any atom is 0.228 e. The van der Waals surface area contributed by atoms with E-state index in [4.69, 9.17) is 4.74 Å². The maximum absolute atomic E-state index is 13.7. The van der Waals surface area contributed by atoms with Crippen molar-refractivity contribution in [1.82, 2.24) is 14.7 Å². The first kappa shape index (κ1) is 23.7. The summed E-state index contributed by atoms with van der Waals surface area (Å²) >= 11 is 0. The van der Waals surface area contributed by atoms with Gasteiger partial charge in [0, 0.05) is 50.7 Å². The van der Waals surface area contributed by atoms with Gasteiger partial charge in [-0.05, 0) is 25.3 Å². The van der Waals surface area contributed by atoms with Gasteiger partial charge in [-0.3, -0.25) is 14.5 Å². The number of hydrogen-bond donors (Lipinski definition) is 0. The second-order valence-electron chi connectivity index (χ2n) is 10.1. The van der Waals surface area contributed by atoms with Crippen molar-refractivity contribution in [1.29, 1.82) is 0 Å². The average Bonchev–Trinajstić information content (AvgIpc) is 2.77. The lowest BCUT2D eigenvalue weighted by Gasteiger charge is -2.40. The van der Waals surface area contributed by atoms with Crippen LogP contribution in [0.1, 0.15) is 46.1 Å². The van der Waals surface area contributed by atoms with E-state index in [2.05, 4.69) is 24.0 Å². The first-order valence-electron chi connectivity index (χ1n) is 11.7. The Balaban J connectivity index is 1.73. The SMILES string of the molecule is CC(CN1CCOCC1)N(Cc1ccccc1)C(=O)C1CCCN(C(=O)C(C)(C)C)C1. The lowest BCUT2D eigenvalue weighted by molar-refractivity contribution is -0.146. The normalized spacial score (nSPS) is 21.5. The van der Waals surface area contributed by atoms with Gasteiger partial charge in [0.05, 0.1) is 19.1 Å². The Morgan fingerprint density at radius 3 is 2.45 bits per heavy atom. The largest absolute Gasteiger partial charge is 0.379 e. The van der Waals surface area contributed by atoms with Gasteiger partial charge in [-0.1, -0.05) is 51.1 Å². The highest BCUT2D eigenvalue weighted by Gasteiger charge is 2.36. The smallest absolute Gasteiger partial charge is 0.228 e. The number of morpholine rings is 1. The van der Waals surface area contributed by atoms with E-state index in [1.54, 1.807) is 0 Å². The number of benzene rings is 1. The molecular formula is C25H39N3O3. The topological polar surface area (TPSA) is 53.1 Å². The molecule has 2 saturated heterocycles. The third-order valence-corrected chi connectivity index (χ3v) is 6.34. The third-order valence-electron chi connectivity index (χ3n) is 6.34. The van der Waals surface area contributed by atoms with E-state index in [0.29, 0.717) is 13.1 Å². The van der Waals surface area contributed by atoms with E-state index in [0.717, 1.165) is 57.8 Å². The lowest BCUT2D eigenvalue weighted by atomic mass is 9.90. The van der Waals surface area contributed by atoms with Crippen LogP contribution in [0.25, 0.3) is 0 Å². The van der Waals surface area contributed by atoms with Crippen LogP contribution < -0.4 is 0 Å². The number of likely N-dealkylation sites (tertiary alicyclic amines) is 1. The molecule has 0 aromatic heterocycles. The summed E-state index contributed by atoms with van der Waals surface area (Å²) in [4.78, 5) is 32.9. The fourth-order valence-corrected chi connectivity index (χ4v) is 4.56. The minimum atomic E-state index is -0.418. The number of carbonyl (C=O) groups excluding carboxylic acids is 2. The van der Waals surface area contributed by atoms with Crippen molar-refractivity contribution in [3.63, 3.8) is 0 Å². The molecule has 0 radical (unpaired) electrons. The minimum absolute atomic E-state index is 0.0968. The Bertz CT molecular complexity index is 725. The van der Waals surface area contributed by atoms with Crippen molar-refractivity contribution in [3.05, 3.63) is 35.9 Å². The predicted molar refractivity (Wildman–Crippen MR) is 122 cm³/mol. The number of rotatable bonds is 6. The van der Waals surface area contributed by atoms with Crippen LogP contribution >= 0.6 is 0 Å². The number of ether oxygens (including phenoxy) is 1. The van der Waals surface area contributed by atoms with Crippen LogP contribution in [0.5, 0.6) is 0 Å². The molecule has 0 N–H and O–H groups in total. The fraction of sp³-hybridized carbons (Fsp3) is 0.680. The molecule has 0 aliphatic carbocycles. The van der Waals surface area contributed by atoms with Crippen LogP contribution in [0.2, 0.25) is 0 Å². The van der Waals surface area contributed by atoms with Crippen LogP contribution in [0, 0.1) is 11.3 Å². The molecule has 2 atom stereocenters. The van der Waals surface area contributed by atoms with Crippen LogP contribution in [0.3, 0.4) is 0 Å². The van der Waals surface area contributed by atoms with Gasteiger partial charge in [0.25, 0.3) is 0 Å². The summed E-state index contributed by atoms with van der Waals surface area (Å²) in [6.45, 7) is 14.1. The average molecular weight is 430 g/mol. The van der Waals surface area contributed by atoms with Gasteiger partial charge in [-0.25, -0.2) is 0 Å². The van der Waals surface area contributed by atoms with E-state index in [1.807, 2.05) is 48.8 Å². The molecule has 0 bridgehead atoms. The molecule has 3 rings (SSSR count). The van der Waals surface area contributed by atoms with E-state index < -0.39 is 5.41 Å². The summed E-state index contributed by atoms with van der Waals surface area (Å²) in [7, 11) is 0. The molecule has 2 aliphatic heterocycles. The van der Waals surface area contributed by atoms with Gasteiger partial charge in [-0.15, -0.1) is 0 Å². The summed E-state index contributed by atoms with van der Waals surface area (Å²) in [5.74, 6) is 0.188. The van der Waals surface area contributed by atoms with E-state index in [1.165, 1.54) is 0 Å². The molecule has 2 unspecified atom stereocenters.